The van der Waals surface area contributed by atoms with Crippen molar-refractivity contribution in [1.82, 2.24) is 0 Å². The van der Waals surface area contributed by atoms with Crippen LogP contribution in [0.25, 0.3) is 0 Å². The second kappa shape index (κ2) is 9.71. The number of aryl methyl sites for hydroxylation is 2. The van der Waals surface area contributed by atoms with E-state index < -0.39 is 58.0 Å². The number of hydrogen-bond donors (Lipinski definition) is 1. The van der Waals surface area contributed by atoms with E-state index in [1.165, 1.54) is 14.2 Å². The molecule has 1 fully saturated rings. The van der Waals surface area contributed by atoms with Crippen molar-refractivity contribution >= 4 is 46.3 Å². The Hall–Kier alpha value is -3.60. The van der Waals surface area contributed by atoms with Crippen LogP contribution in [0.4, 0.5) is 0 Å². The summed E-state index contributed by atoms with van der Waals surface area (Å²) in [6.45, 7) is 8.28. The van der Waals surface area contributed by atoms with Crippen LogP contribution in [0, 0.1) is 37.5 Å². The van der Waals surface area contributed by atoms with Gasteiger partial charge in [0.25, 0.3) is 5.79 Å². The summed E-state index contributed by atoms with van der Waals surface area (Å²) >= 11 is 13.3. The minimum atomic E-state index is -2.68. The van der Waals surface area contributed by atoms with Crippen LogP contribution in [0.3, 0.4) is 0 Å². The maximum atomic E-state index is 14.6. The molecule has 3 heterocycles. The number of methoxy groups -OCH3 is 2. The Bertz CT molecular complexity index is 1860. The van der Waals surface area contributed by atoms with Crippen molar-refractivity contribution < 1.29 is 48.0 Å². The summed E-state index contributed by atoms with van der Waals surface area (Å²) in [5.41, 5.74) is -2.78. The average Bonchev–Trinajstić information content (AvgIpc) is 3.49. The molecule has 7 atom stereocenters. The standard InChI is InChI=1S/C34H32Cl2O10/c1-12-8-19(42-6)25(35)27-21(12)29(39)32(44-27)14(3)10-17(37)23-16(5)24-18(38)11-15(4)33(34(24,41)46-31(23)32)30(40)22-13(2)9-20(43-7)26(36)28(22)45-33/h8-9,14-16,24,41H,10-11H2,1-7H3/t14-,15-,16-,24?,32?,33?,34+/m1/s1. The molecule has 7 rings (SSSR count). The van der Waals surface area contributed by atoms with E-state index in [2.05, 4.69) is 0 Å². The number of halogens is 2. The summed E-state index contributed by atoms with van der Waals surface area (Å²) < 4.78 is 30.3. The Morgan fingerprint density at radius 2 is 1.35 bits per heavy atom. The lowest BCUT2D eigenvalue weighted by molar-refractivity contribution is -0.315. The molecule has 3 unspecified atom stereocenters. The molecule has 5 aliphatic rings. The second-order valence-electron chi connectivity index (χ2n) is 13.1. The predicted octanol–water partition coefficient (Wildman–Crippen LogP) is 5.40. The summed E-state index contributed by atoms with van der Waals surface area (Å²) in [6.07, 6.45) is -0.252. The van der Waals surface area contributed by atoms with Crippen LogP contribution in [0.1, 0.15) is 65.5 Å². The molecule has 242 valence electrons. The minimum absolute atomic E-state index is 0.00850. The highest BCUT2D eigenvalue weighted by Gasteiger charge is 2.78. The first-order valence-corrected chi connectivity index (χ1v) is 15.8. The number of aliphatic hydroxyl groups is 1. The fraction of sp³-hybridized carbons (Fsp3) is 0.471. The largest absolute Gasteiger partial charge is 0.495 e. The normalized spacial score (nSPS) is 34.1. The number of ketones is 4. The van der Waals surface area contributed by atoms with Crippen molar-refractivity contribution in [2.24, 2.45) is 23.7 Å². The molecule has 0 saturated heterocycles. The molecular formula is C34H32Cl2O10. The molecule has 46 heavy (non-hydrogen) atoms. The number of ether oxygens (including phenoxy) is 5. The van der Waals surface area contributed by atoms with Crippen LogP contribution in [0.15, 0.2) is 23.5 Å². The molecule has 0 radical (unpaired) electrons. The van der Waals surface area contributed by atoms with Crippen molar-refractivity contribution in [3.05, 3.63) is 55.8 Å². The third-order valence-electron chi connectivity index (χ3n) is 10.6. The molecule has 3 aliphatic heterocycles. The van der Waals surface area contributed by atoms with Gasteiger partial charge in [-0.2, -0.15) is 0 Å². The first-order chi connectivity index (χ1) is 21.6. The number of benzene rings is 2. The molecule has 1 saturated carbocycles. The van der Waals surface area contributed by atoms with Crippen molar-refractivity contribution in [2.45, 2.75) is 64.4 Å². The van der Waals surface area contributed by atoms with Gasteiger partial charge in [-0.15, -0.1) is 0 Å². The van der Waals surface area contributed by atoms with Crippen molar-refractivity contribution in [2.75, 3.05) is 14.2 Å². The maximum Gasteiger partial charge on any atom is 0.266 e. The number of Topliss-reactive ketones (excluding diaryl/α,β-unsaturated/α-hetero) is 4. The highest BCUT2D eigenvalue weighted by atomic mass is 35.5. The minimum Gasteiger partial charge on any atom is -0.495 e. The van der Waals surface area contributed by atoms with Gasteiger partial charge >= 0.3 is 0 Å². The van der Waals surface area contributed by atoms with Gasteiger partial charge in [0.2, 0.25) is 22.8 Å². The molecular weight excluding hydrogens is 639 g/mol. The van der Waals surface area contributed by atoms with E-state index in [0.29, 0.717) is 11.1 Å². The van der Waals surface area contributed by atoms with Crippen LogP contribution < -0.4 is 18.9 Å². The Morgan fingerprint density at radius 1 is 0.804 bits per heavy atom. The molecule has 0 aromatic heterocycles. The lowest BCUT2D eigenvalue weighted by Gasteiger charge is -2.57. The smallest absolute Gasteiger partial charge is 0.266 e. The van der Waals surface area contributed by atoms with E-state index in [4.69, 9.17) is 46.9 Å². The zero-order valence-corrected chi connectivity index (χ0v) is 27.8. The Balaban J connectivity index is 1.47. The topological polar surface area (TPSA) is 135 Å². The van der Waals surface area contributed by atoms with Gasteiger partial charge in [-0.3, -0.25) is 19.2 Å². The Morgan fingerprint density at radius 3 is 1.91 bits per heavy atom. The molecule has 0 amide bonds. The van der Waals surface area contributed by atoms with Gasteiger partial charge in [0.1, 0.15) is 27.3 Å². The summed E-state index contributed by atoms with van der Waals surface area (Å²) in [5.74, 6) is -8.39. The fourth-order valence-corrected chi connectivity index (χ4v) is 9.00. The number of allylic oxidation sites excluding steroid dienone is 1. The lowest BCUT2D eigenvalue weighted by atomic mass is 9.57. The summed E-state index contributed by atoms with van der Waals surface area (Å²) in [4.78, 5) is 56.9. The second-order valence-corrected chi connectivity index (χ2v) is 13.8. The number of carbonyl (C=O) groups excluding carboxylic acids is 4. The predicted molar refractivity (Wildman–Crippen MR) is 164 cm³/mol. The molecule has 1 N–H and O–H groups in total. The molecule has 2 aliphatic carbocycles. The SMILES string of the molecule is COc1cc(C)c2c(c1Cl)OC1(C2=O)C2=C(C(=O)C[C@H]1C)[C@@H](C)C1C(=O)C[C@@H](C)C3(Oc4c(Cl)c(OC)cc(C)c4C3=O)[C@@]1(O)O2. The summed E-state index contributed by atoms with van der Waals surface area (Å²) in [6, 6.07) is 3.20. The van der Waals surface area contributed by atoms with Gasteiger partial charge < -0.3 is 28.8 Å². The molecule has 0 bridgehead atoms. The molecule has 10 nitrogen and oxygen atoms in total. The maximum absolute atomic E-state index is 14.6. The summed E-state index contributed by atoms with van der Waals surface area (Å²) in [7, 11) is 2.86. The average molecular weight is 672 g/mol. The van der Waals surface area contributed by atoms with Crippen LogP contribution in [-0.2, 0) is 14.3 Å². The zero-order valence-electron chi connectivity index (χ0n) is 26.3. The summed E-state index contributed by atoms with van der Waals surface area (Å²) in [5, 5.41) is 13.0. The van der Waals surface area contributed by atoms with Crippen molar-refractivity contribution in [3.63, 3.8) is 0 Å². The van der Waals surface area contributed by atoms with E-state index >= 15 is 0 Å². The third-order valence-corrected chi connectivity index (χ3v) is 11.4. The number of fused-ring (bicyclic) bond motifs is 5. The van der Waals surface area contributed by atoms with E-state index in [0.717, 1.165) is 0 Å². The van der Waals surface area contributed by atoms with Crippen molar-refractivity contribution in [3.8, 4) is 23.0 Å². The molecule has 2 aromatic rings. The van der Waals surface area contributed by atoms with E-state index in [9.17, 15) is 24.3 Å². The van der Waals surface area contributed by atoms with Crippen LogP contribution in [-0.4, -0.2) is 59.4 Å². The van der Waals surface area contributed by atoms with Crippen LogP contribution in [0.5, 0.6) is 23.0 Å². The molecule has 12 heteroatoms. The van der Waals surface area contributed by atoms with Gasteiger partial charge in [0, 0.05) is 36.2 Å². The van der Waals surface area contributed by atoms with E-state index in [-0.39, 0.29) is 74.1 Å². The van der Waals surface area contributed by atoms with E-state index in [1.807, 2.05) is 0 Å². The Labute approximate surface area is 274 Å². The van der Waals surface area contributed by atoms with Gasteiger partial charge in [-0.25, -0.2) is 0 Å². The van der Waals surface area contributed by atoms with Gasteiger partial charge in [0.05, 0.1) is 31.3 Å². The Kier molecular flexibility index (Phi) is 6.55. The third kappa shape index (κ3) is 3.37. The lowest BCUT2D eigenvalue weighted by Crippen LogP contribution is -2.76. The molecule has 2 aromatic carbocycles. The van der Waals surface area contributed by atoms with Gasteiger partial charge in [-0.05, 0) is 37.1 Å². The number of rotatable bonds is 2. The highest BCUT2D eigenvalue weighted by molar-refractivity contribution is 6.35. The quantitative estimate of drug-likeness (QED) is 0.443. The van der Waals surface area contributed by atoms with E-state index in [1.54, 1.807) is 46.8 Å². The number of hydrogen-bond acceptors (Lipinski definition) is 10. The molecule has 2 spiro atoms. The number of carbonyl (C=O) groups is 4. The van der Waals surface area contributed by atoms with Gasteiger partial charge in [-0.1, -0.05) is 44.0 Å². The van der Waals surface area contributed by atoms with Gasteiger partial charge in [0.15, 0.2) is 23.0 Å². The van der Waals surface area contributed by atoms with Crippen LogP contribution >= 0.6 is 23.2 Å². The first kappa shape index (κ1) is 31.0. The monoisotopic (exact) mass is 670 g/mol. The van der Waals surface area contributed by atoms with Crippen LogP contribution in [0.2, 0.25) is 10.0 Å². The zero-order chi connectivity index (χ0) is 33.4. The fourth-order valence-electron chi connectivity index (χ4n) is 8.47. The first-order valence-electron chi connectivity index (χ1n) is 15.1. The highest BCUT2D eigenvalue weighted by Crippen LogP contribution is 2.63. The van der Waals surface area contributed by atoms with Crippen molar-refractivity contribution in [1.29, 1.82) is 0 Å².